The minimum Gasteiger partial charge on any atom is -0.351 e. The number of benzene rings is 1. The molecule has 0 bridgehead atoms. The third-order valence-electron chi connectivity index (χ3n) is 4.30. The number of hydrogen-bond acceptors (Lipinski definition) is 4. The molecule has 3 N–H and O–H groups in total. The molecule has 6 nitrogen and oxygen atoms in total. The van der Waals surface area contributed by atoms with Gasteiger partial charge in [-0.2, -0.15) is 0 Å². The summed E-state index contributed by atoms with van der Waals surface area (Å²) >= 11 is 0. The van der Waals surface area contributed by atoms with E-state index in [-0.39, 0.29) is 22.3 Å². The van der Waals surface area contributed by atoms with Crippen LogP contribution in [0.2, 0.25) is 0 Å². The van der Waals surface area contributed by atoms with E-state index in [0.29, 0.717) is 12.1 Å². The van der Waals surface area contributed by atoms with Crippen LogP contribution < -0.4 is 15.4 Å². The maximum absolute atomic E-state index is 12.3. The molecule has 0 atom stereocenters. The Balaban J connectivity index is 1.98. The summed E-state index contributed by atoms with van der Waals surface area (Å²) in [4.78, 5) is 12.4. The Morgan fingerprint density at radius 1 is 1.21 bits per heavy atom. The maximum atomic E-state index is 12.3. The van der Waals surface area contributed by atoms with Gasteiger partial charge in [-0.1, -0.05) is 6.92 Å². The topological polar surface area (TPSA) is 87.3 Å². The number of rotatable bonds is 6. The molecule has 2 rings (SSSR count). The molecule has 0 aromatic heterocycles. The third-order valence-corrected chi connectivity index (χ3v) is 5.98. The van der Waals surface area contributed by atoms with Crippen molar-refractivity contribution in [2.75, 3.05) is 19.6 Å². The van der Waals surface area contributed by atoms with Crippen molar-refractivity contribution in [1.29, 1.82) is 0 Å². The number of amides is 1. The SMILES string of the molecule is CC(C)NS(=O)(=O)c1ccc(C(=O)NCC2(C)CCNCC2)cc1. The minimum absolute atomic E-state index is 0.116. The van der Waals surface area contributed by atoms with Crippen molar-refractivity contribution in [2.45, 2.75) is 44.6 Å². The van der Waals surface area contributed by atoms with Gasteiger partial charge in [0, 0.05) is 18.2 Å². The van der Waals surface area contributed by atoms with Gasteiger partial charge < -0.3 is 10.6 Å². The van der Waals surface area contributed by atoms with Crippen molar-refractivity contribution < 1.29 is 13.2 Å². The molecule has 7 heteroatoms. The second kappa shape index (κ2) is 7.63. The summed E-state index contributed by atoms with van der Waals surface area (Å²) in [5, 5.41) is 6.29. The molecular weight excluding hydrogens is 326 g/mol. The van der Waals surface area contributed by atoms with E-state index in [4.69, 9.17) is 0 Å². The first-order valence-electron chi connectivity index (χ1n) is 8.33. The summed E-state index contributed by atoms with van der Waals surface area (Å²) in [5.74, 6) is -0.171. The smallest absolute Gasteiger partial charge is 0.251 e. The molecule has 1 aliphatic rings. The fourth-order valence-electron chi connectivity index (χ4n) is 2.77. The zero-order chi connectivity index (χ0) is 17.8. The van der Waals surface area contributed by atoms with Gasteiger partial charge in [-0.15, -0.1) is 0 Å². The lowest BCUT2D eigenvalue weighted by molar-refractivity contribution is 0.0922. The van der Waals surface area contributed by atoms with Crippen molar-refractivity contribution >= 4 is 15.9 Å². The fraction of sp³-hybridized carbons (Fsp3) is 0.588. The first-order chi connectivity index (χ1) is 11.2. The van der Waals surface area contributed by atoms with E-state index in [9.17, 15) is 13.2 Å². The van der Waals surface area contributed by atoms with Crippen LogP contribution >= 0.6 is 0 Å². The molecule has 1 saturated heterocycles. The number of carbonyl (C=O) groups is 1. The van der Waals surface area contributed by atoms with Gasteiger partial charge in [0.1, 0.15) is 0 Å². The molecule has 0 aliphatic carbocycles. The zero-order valence-corrected chi connectivity index (χ0v) is 15.4. The number of hydrogen-bond donors (Lipinski definition) is 3. The van der Waals surface area contributed by atoms with Crippen LogP contribution in [0.1, 0.15) is 44.0 Å². The number of nitrogens with one attached hydrogen (secondary N) is 3. The zero-order valence-electron chi connectivity index (χ0n) is 14.6. The predicted octanol–water partition coefficient (Wildman–Crippen LogP) is 1.49. The van der Waals surface area contributed by atoms with Crippen LogP contribution in [0.15, 0.2) is 29.2 Å². The fourth-order valence-corrected chi connectivity index (χ4v) is 4.02. The summed E-state index contributed by atoms with van der Waals surface area (Å²) in [6.07, 6.45) is 2.07. The van der Waals surface area contributed by atoms with E-state index in [1.165, 1.54) is 12.1 Å². The van der Waals surface area contributed by atoms with Crippen LogP contribution in [0, 0.1) is 5.41 Å². The van der Waals surface area contributed by atoms with Crippen LogP contribution in [-0.4, -0.2) is 40.0 Å². The molecular formula is C17H27N3O3S. The van der Waals surface area contributed by atoms with Crippen LogP contribution in [-0.2, 0) is 10.0 Å². The average Bonchev–Trinajstić information content (AvgIpc) is 2.52. The highest BCUT2D eigenvalue weighted by Gasteiger charge is 2.27. The van der Waals surface area contributed by atoms with Crippen LogP contribution in [0.4, 0.5) is 0 Å². The van der Waals surface area contributed by atoms with E-state index < -0.39 is 10.0 Å². The van der Waals surface area contributed by atoms with E-state index in [1.807, 2.05) is 0 Å². The Labute approximate surface area is 144 Å². The van der Waals surface area contributed by atoms with Gasteiger partial charge in [0.05, 0.1) is 4.90 Å². The largest absolute Gasteiger partial charge is 0.351 e. The highest BCUT2D eigenvalue weighted by molar-refractivity contribution is 7.89. The lowest BCUT2D eigenvalue weighted by atomic mass is 9.81. The van der Waals surface area contributed by atoms with Crippen molar-refractivity contribution in [3.8, 4) is 0 Å². The molecule has 24 heavy (non-hydrogen) atoms. The Bertz CT molecular complexity index is 663. The predicted molar refractivity (Wildman–Crippen MR) is 94.4 cm³/mol. The Hall–Kier alpha value is -1.44. The molecule has 0 unspecified atom stereocenters. The van der Waals surface area contributed by atoms with Crippen LogP contribution in [0.25, 0.3) is 0 Å². The summed E-state index contributed by atoms with van der Waals surface area (Å²) in [7, 11) is -3.53. The highest BCUT2D eigenvalue weighted by atomic mass is 32.2. The van der Waals surface area contributed by atoms with E-state index in [0.717, 1.165) is 25.9 Å². The quantitative estimate of drug-likeness (QED) is 0.723. The normalized spacial score (nSPS) is 17.7. The second-order valence-corrected chi connectivity index (χ2v) is 8.76. The van der Waals surface area contributed by atoms with Gasteiger partial charge in [-0.05, 0) is 69.5 Å². The summed E-state index contributed by atoms with van der Waals surface area (Å²) in [5.41, 5.74) is 0.585. The maximum Gasteiger partial charge on any atom is 0.251 e. The monoisotopic (exact) mass is 353 g/mol. The third kappa shape index (κ3) is 5.03. The molecule has 1 amide bonds. The number of sulfonamides is 1. The first kappa shape index (κ1) is 18.9. The summed E-state index contributed by atoms with van der Waals surface area (Å²) in [6.45, 7) is 8.29. The van der Waals surface area contributed by atoms with Gasteiger partial charge in [-0.25, -0.2) is 13.1 Å². The Morgan fingerprint density at radius 3 is 2.33 bits per heavy atom. The molecule has 1 aromatic rings. The Morgan fingerprint density at radius 2 is 1.79 bits per heavy atom. The van der Waals surface area contributed by atoms with E-state index in [1.54, 1.807) is 26.0 Å². The van der Waals surface area contributed by atoms with Gasteiger partial charge in [0.15, 0.2) is 0 Å². The number of piperidine rings is 1. The first-order valence-corrected chi connectivity index (χ1v) is 9.81. The van der Waals surface area contributed by atoms with Crippen molar-refractivity contribution in [2.24, 2.45) is 5.41 Å². The van der Waals surface area contributed by atoms with Crippen LogP contribution in [0.5, 0.6) is 0 Å². The van der Waals surface area contributed by atoms with Gasteiger partial charge in [0.25, 0.3) is 5.91 Å². The molecule has 1 heterocycles. The van der Waals surface area contributed by atoms with E-state index in [2.05, 4.69) is 22.3 Å². The van der Waals surface area contributed by atoms with Crippen molar-refractivity contribution in [1.82, 2.24) is 15.4 Å². The molecule has 0 saturated carbocycles. The molecule has 134 valence electrons. The van der Waals surface area contributed by atoms with Crippen molar-refractivity contribution in [3.05, 3.63) is 29.8 Å². The average molecular weight is 353 g/mol. The summed E-state index contributed by atoms with van der Waals surface area (Å²) in [6, 6.07) is 5.85. The van der Waals surface area contributed by atoms with Gasteiger partial charge in [0.2, 0.25) is 10.0 Å². The van der Waals surface area contributed by atoms with Crippen LogP contribution in [0.3, 0.4) is 0 Å². The van der Waals surface area contributed by atoms with E-state index >= 15 is 0 Å². The molecule has 1 aliphatic heterocycles. The standard InChI is InChI=1S/C17H27N3O3S/c1-13(2)20-24(22,23)15-6-4-14(5-7-15)16(21)19-12-17(3)8-10-18-11-9-17/h4-7,13,18,20H,8-12H2,1-3H3,(H,19,21). The van der Waals surface area contributed by atoms with Gasteiger partial charge in [-0.3, -0.25) is 4.79 Å². The summed E-state index contributed by atoms with van der Waals surface area (Å²) < 4.78 is 26.7. The second-order valence-electron chi connectivity index (χ2n) is 7.04. The molecule has 0 radical (unpaired) electrons. The number of carbonyl (C=O) groups excluding carboxylic acids is 1. The van der Waals surface area contributed by atoms with Gasteiger partial charge >= 0.3 is 0 Å². The highest BCUT2D eigenvalue weighted by Crippen LogP contribution is 2.26. The lowest BCUT2D eigenvalue weighted by Gasteiger charge is -2.34. The molecule has 1 fully saturated rings. The lowest BCUT2D eigenvalue weighted by Crippen LogP contribution is -2.42. The minimum atomic E-state index is -3.53. The molecule has 1 aromatic carbocycles. The van der Waals surface area contributed by atoms with Crippen molar-refractivity contribution in [3.63, 3.8) is 0 Å². The Kier molecular flexibility index (Phi) is 6.01. The molecule has 0 spiro atoms.